The lowest BCUT2D eigenvalue weighted by Crippen LogP contribution is -2.01. The van der Waals surface area contributed by atoms with Crippen LogP contribution in [0.1, 0.15) is 127 Å². The van der Waals surface area contributed by atoms with Crippen LogP contribution in [0.25, 0.3) is 0 Å². The van der Waals surface area contributed by atoms with Gasteiger partial charge in [0.15, 0.2) is 0 Å². The molecule has 0 saturated carbocycles. The molecule has 31 heavy (non-hydrogen) atoms. The fourth-order valence-electron chi connectivity index (χ4n) is 3.94. The van der Waals surface area contributed by atoms with Crippen molar-refractivity contribution in [1.29, 1.82) is 0 Å². The van der Waals surface area contributed by atoms with Crippen molar-refractivity contribution >= 4 is 11.8 Å². The summed E-state index contributed by atoms with van der Waals surface area (Å²) >= 11 is 1.75. The Bertz CT molecular complexity index is 740. The SMILES string of the molecule is CCC(C)c1cc(Sc2cc(C(C)CC)c(O)c(C(C)CC)c2)cc(C(C)CC)c1O. The van der Waals surface area contributed by atoms with Crippen molar-refractivity contribution in [2.75, 3.05) is 0 Å². The van der Waals surface area contributed by atoms with E-state index in [9.17, 15) is 10.2 Å². The number of benzene rings is 2. The van der Waals surface area contributed by atoms with E-state index in [4.69, 9.17) is 0 Å². The molecule has 2 nitrogen and oxygen atoms in total. The van der Waals surface area contributed by atoms with E-state index in [1.54, 1.807) is 11.8 Å². The zero-order valence-corrected chi connectivity index (χ0v) is 21.6. The lowest BCUT2D eigenvalue weighted by Gasteiger charge is -2.21. The monoisotopic (exact) mass is 442 g/mol. The quantitative estimate of drug-likeness (QED) is 0.385. The molecule has 0 aliphatic heterocycles. The first-order valence-electron chi connectivity index (χ1n) is 12.1. The standard InChI is InChI=1S/C28H42O2S/c1-9-17(5)23-13-21(14-24(27(23)29)18(6)10-2)31-22-15-25(19(7)11-3)28(30)26(16-22)20(8)12-4/h13-20,29-30H,9-12H2,1-8H3. The molecular formula is C28H42O2S. The number of phenolic OH excluding ortho intramolecular Hbond substituents is 2. The molecule has 0 heterocycles. The van der Waals surface area contributed by atoms with Gasteiger partial charge in [0, 0.05) is 9.79 Å². The highest BCUT2D eigenvalue weighted by molar-refractivity contribution is 7.99. The number of hydrogen-bond donors (Lipinski definition) is 2. The highest BCUT2D eigenvalue weighted by Gasteiger charge is 2.21. The van der Waals surface area contributed by atoms with Crippen LogP contribution >= 0.6 is 11.8 Å². The van der Waals surface area contributed by atoms with Crippen LogP contribution in [-0.2, 0) is 0 Å². The smallest absolute Gasteiger partial charge is 0.122 e. The Hall–Kier alpha value is -1.61. The van der Waals surface area contributed by atoms with E-state index < -0.39 is 0 Å². The van der Waals surface area contributed by atoms with Crippen molar-refractivity contribution in [3.8, 4) is 11.5 Å². The summed E-state index contributed by atoms with van der Waals surface area (Å²) in [6, 6.07) is 8.66. The molecule has 172 valence electrons. The van der Waals surface area contributed by atoms with Crippen LogP contribution in [-0.4, -0.2) is 10.2 Å². The third-order valence-electron chi connectivity index (χ3n) is 7.09. The molecule has 0 aliphatic carbocycles. The summed E-state index contributed by atoms with van der Waals surface area (Å²) in [6.45, 7) is 17.4. The molecule has 0 aromatic heterocycles. The van der Waals surface area contributed by atoms with Gasteiger partial charge in [0.25, 0.3) is 0 Å². The minimum absolute atomic E-state index is 0.314. The molecule has 2 aromatic rings. The first kappa shape index (κ1) is 25.6. The van der Waals surface area contributed by atoms with E-state index in [0.717, 1.165) is 47.9 Å². The number of hydrogen-bond acceptors (Lipinski definition) is 3. The highest BCUT2D eigenvalue weighted by atomic mass is 32.2. The van der Waals surface area contributed by atoms with Crippen molar-refractivity contribution in [3.63, 3.8) is 0 Å². The molecule has 0 fully saturated rings. The Morgan fingerprint density at radius 3 is 0.968 bits per heavy atom. The van der Waals surface area contributed by atoms with Gasteiger partial charge in [0.1, 0.15) is 11.5 Å². The van der Waals surface area contributed by atoms with E-state index in [1.807, 2.05) is 0 Å². The molecule has 0 bridgehead atoms. The maximum Gasteiger partial charge on any atom is 0.122 e. The minimum Gasteiger partial charge on any atom is -0.507 e. The van der Waals surface area contributed by atoms with Crippen LogP contribution in [0.4, 0.5) is 0 Å². The molecule has 2 rings (SSSR count). The summed E-state index contributed by atoms with van der Waals surface area (Å²) in [5.74, 6) is 2.20. The van der Waals surface area contributed by atoms with Crippen LogP contribution in [0.5, 0.6) is 11.5 Å². The first-order valence-corrected chi connectivity index (χ1v) is 12.9. The van der Waals surface area contributed by atoms with Crippen LogP contribution < -0.4 is 0 Å². The molecule has 0 saturated heterocycles. The Balaban J connectivity index is 2.61. The fourth-order valence-corrected chi connectivity index (χ4v) is 4.96. The zero-order valence-electron chi connectivity index (χ0n) is 20.7. The molecule has 2 N–H and O–H groups in total. The third kappa shape index (κ3) is 5.80. The molecule has 0 spiro atoms. The Morgan fingerprint density at radius 2 is 0.774 bits per heavy atom. The largest absolute Gasteiger partial charge is 0.507 e. The van der Waals surface area contributed by atoms with Gasteiger partial charge >= 0.3 is 0 Å². The average Bonchev–Trinajstić information content (AvgIpc) is 2.78. The second kappa shape index (κ2) is 11.3. The molecule has 4 unspecified atom stereocenters. The van der Waals surface area contributed by atoms with Gasteiger partial charge in [-0.3, -0.25) is 0 Å². The van der Waals surface area contributed by atoms with Crippen LogP contribution in [0.15, 0.2) is 34.1 Å². The van der Waals surface area contributed by atoms with Gasteiger partial charge in [-0.1, -0.05) is 67.2 Å². The number of aromatic hydroxyl groups is 2. The van der Waals surface area contributed by atoms with Crippen molar-refractivity contribution in [2.24, 2.45) is 0 Å². The predicted molar refractivity (Wildman–Crippen MR) is 135 cm³/mol. The first-order chi connectivity index (χ1) is 14.7. The third-order valence-corrected chi connectivity index (χ3v) is 8.04. The van der Waals surface area contributed by atoms with E-state index in [2.05, 4.69) is 79.7 Å². The summed E-state index contributed by atoms with van der Waals surface area (Å²) < 4.78 is 0. The van der Waals surface area contributed by atoms with Gasteiger partial charge < -0.3 is 10.2 Å². The normalized spacial score (nSPS) is 15.5. The van der Waals surface area contributed by atoms with E-state index >= 15 is 0 Å². The van der Waals surface area contributed by atoms with E-state index in [1.165, 1.54) is 9.79 Å². The Labute approximate surface area is 194 Å². The lowest BCUT2D eigenvalue weighted by atomic mass is 9.90. The zero-order chi connectivity index (χ0) is 23.3. The highest BCUT2D eigenvalue weighted by Crippen LogP contribution is 2.44. The molecular weight excluding hydrogens is 400 g/mol. The van der Waals surface area contributed by atoms with Gasteiger partial charge in [-0.25, -0.2) is 0 Å². The van der Waals surface area contributed by atoms with Gasteiger partial charge in [-0.05, 0) is 95.9 Å². The van der Waals surface area contributed by atoms with E-state index in [0.29, 0.717) is 35.2 Å². The average molecular weight is 443 g/mol. The van der Waals surface area contributed by atoms with Crippen molar-refractivity contribution < 1.29 is 10.2 Å². The summed E-state index contributed by atoms with van der Waals surface area (Å²) in [5.41, 5.74) is 4.19. The molecule has 4 atom stereocenters. The molecule has 3 heteroatoms. The van der Waals surface area contributed by atoms with Gasteiger partial charge in [0.05, 0.1) is 0 Å². The lowest BCUT2D eigenvalue weighted by molar-refractivity contribution is 0.448. The predicted octanol–water partition coefficient (Wildman–Crippen LogP) is 9.30. The summed E-state index contributed by atoms with van der Waals surface area (Å²) in [6.07, 6.45) is 3.99. The van der Waals surface area contributed by atoms with Gasteiger partial charge in [-0.15, -0.1) is 0 Å². The summed E-state index contributed by atoms with van der Waals surface area (Å²) in [5, 5.41) is 21.9. The minimum atomic E-state index is 0.314. The van der Waals surface area contributed by atoms with Crippen molar-refractivity contribution in [3.05, 3.63) is 46.5 Å². The summed E-state index contributed by atoms with van der Waals surface area (Å²) in [4.78, 5) is 2.33. The van der Waals surface area contributed by atoms with Crippen LogP contribution in [0.2, 0.25) is 0 Å². The second-order valence-electron chi connectivity index (χ2n) is 9.24. The topological polar surface area (TPSA) is 40.5 Å². The second-order valence-corrected chi connectivity index (χ2v) is 10.4. The Morgan fingerprint density at radius 1 is 0.548 bits per heavy atom. The van der Waals surface area contributed by atoms with Crippen LogP contribution in [0.3, 0.4) is 0 Å². The Kier molecular flexibility index (Phi) is 9.36. The maximum atomic E-state index is 11.0. The number of phenols is 2. The summed E-state index contributed by atoms with van der Waals surface area (Å²) in [7, 11) is 0. The molecule has 0 aliphatic rings. The van der Waals surface area contributed by atoms with Crippen LogP contribution in [0, 0.1) is 0 Å². The van der Waals surface area contributed by atoms with Crippen molar-refractivity contribution in [2.45, 2.75) is 115 Å². The van der Waals surface area contributed by atoms with Gasteiger partial charge in [-0.2, -0.15) is 0 Å². The molecule has 0 amide bonds. The van der Waals surface area contributed by atoms with Gasteiger partial charge in [0.2, 0.25) is 0 Å². The number of rotatable bonds is 10. The molecule has 0 radical (unpaired) electrons. The molecule has 2 aromatic carbocycles. The maximum absolute atomic E-state index is 11.0. The van der Waals surface area contributed by atoms with Crippen molar-refractivity contribution in [1.82, 2.24) is 0 Å². The fraction of sp³-hybridized carbons (Fsp3) is 0.571. The van der Waals surface area contributed by atoms with E-state index in [-0.39, 0.29) is 0 Å².